The molecule has 0 spiro atoms. The minimum Gasteiger partial charge on any atom is -0.460 e. The van der Waals surface area contributed by atoms with Crippen LogP contribution in [0, 0.1) is 5.82 Å². The van der Waals surface area contributed by atoms with Gasteiger partial charge in [0.15, 0.2) is 0 Å². The molecule has 7 heteroatoms. The van der Waals surface area contributed by atoms with Gasteiger partial charge in [-0.05, 0) is 51.7 Å². The average Bonchev–Trinajstić information content (AvgIpc) is 3.18. The quantitative estimate of drug-likeness (QED) is 0.606. The zero-order valence-corrected chi connectivity index (χ0v) is 13.3. The Hall–Kier alpha value is -1.66. The summed E-state index contributed by atoms with van der Waals surface area (Å²) in [6.45, 7) is 5.06. The summed E-state index contributed by atoms with van der Waals surface area (Å²) in [5.41, 5.74) is -2.08. The summed E-state index contributed by atoms with van der Waals surface area (Å²) in [4.78, 5) is 15.1. The lowest BCUT2D eigenvalue weighted by Crippen LogP contribution is -2.24. The largest absolute Gasteiger partial charge is 0.460 e. The van der Waals surface area contributed by atoms with Gasteiger partial charge in [0.2, 0.25) is 0 Å². The van der Waals surface area contributed by atoms with Crippen LogP contribution < -0.4 is 0 Å². The van der Waals surface area contributed by atoms with E-state index in [1.54, 1.807) is 20.8 Å². The lowest BCUT2D eigenvalue weighted by Gasteiger charge is -2.19. The number of hydrogen-bond acceptors (Lipinski definition) is 3. The number of hydrogen-bond donors (Lipinski definition) is 0. The van der Waals surface area contributed by atoms with Crippen LogP contribution in [0.15, 0.2) is 6.07 Å². The Morgan fingerprint density at radius 1 is 1.30 bits per heavy atom. The van der Waals surface area contributed by atoms with Crippen molar-refractivity contribution in [2.24, 2.45) is 0 Å². The van der Waals surface area contributed by atoms with Crippen LogP contribution in [0.2, 0.25) is 0 Å². The van der Waals surface area contributed by atoms with E-state index in [1.807, 2.05) is 0 Å². The Kier molecular flexibility index (Phi) is 4.69. The molecule has 0 aliphatic heterocycles. The number of rotatable bonds is 4. The molecule has 0 aromatic carbocycles. The second-order valence-electron chi connectivity index (χ2n) is 6.72. The molecule has 0 unspecified atom stereocenters. The summed E-state index contributed by atoms with van der Waals surface area (Å²) < 4.78 is 58.1. The van der Waals surface area contributed by atoms with Crippen molar-refractivity contribution in [2.75, 3.05) is 0 Å². The molecule has 0 N–H and O–H groups in total. The second-order valence-corrected chi connectivity index (χ2v) is 6.72. The van der Waals surface area contributed by atoms with Gasteiger partial charge < -0.3 is 4.74 Å². The third kappa shape index (κ3) is 4.91. The van der Waals surface area contributed by atoms with Crippen LogP contribution in [-0.4, -0.2) is 16.6 Å². The van der Waals surface area contributed by atoms with Gasteiger partial charge in [-0.15, -0.1) is 0 Å². The van der Waals surface area contributed by atoms with Crippen LogP contribution >= 0.6 is 0 Å². The van der Waals surface area contributed by atoms with Gasteiger partial charge in [-0.3, -0.25) is 4.79 Å². The average molecular weight is 333 g/mol. The first kappa shape index (κ1) is 17.7. The van der Waals surface area contributed by atoms with Crippen molar-refractivity contribution >= 4 is 5.97 Å². The third-order valence-electron chi connectivity index (χ3n) is 3.33. The zero-order valence-electron chi connectivity index (χ0n) is 13.3. The van der Waals surface area contributed by atoms with Gasteiger partial charge >= 0.3 is 12.1 Å². The van der Waals surface area contributed by atoms with Crippen molar-refractivity contribution in [2.45, 2.75) is 64.1 Å². The van der Waals surface area contributed by atoms with Gasteiger partial charge in [-0.25, -0.2) is 9.37 Å². The van der Waals surface area contributed by atoms with Crippen molar-refractivity contribution in [1.29, 1.82) is 0 Å². The molecule has 1 aromatic rings. The number of nitrogens with zero attached hydrogens (tertiary/aromatic N) is 1. The van der Waals surface area contributed by atoms with Gasteiger partial charge in [-0.2, -0.15) is 13.2 Å². The SMILES string of the molecule is CC(C)(C)OC(=O)CCc1cc(C(F)(F)F)nc(C2CC2)c1F. The highest BCUT2D eigenvalue weighted by Gasteiger charge is 2.37. The van der Waals surface area contributed by atoms with Crippen LogP contribution in [-0.2, 0) is 22.1 Å². The smallest absolute Gasteiger partial charge is 0.433 e. The molecular weight excluding hydrogens is 314 g/mol. The number of carbonyl (C=O) groups is 1. The summed E-state index contributed by atoms with van der Waals surface area (Å²) in [5.74, 6) is -1.56. The van der Waals surface area contributed by atoms with E-state index in [2.05, 4.69) is 4.98 Å². The number of ether oxygens (including phenoxy) is 1. The maximum atomic E-state index is 14.3. The fourth-order valence-corrected chi connectivity index (χ4v) is 2.19. The molecule has 0 saturated heterocycles. The molecular formula is C16H19F4NO2. The van der Waals surface area contributed by atoms with E-state index in [1.165, 1.54) is 0 Å². The third-order valence-corrected chi connectivity index (χ3v) is 3.33. The first-order valence-corrected chi connectivity index (χ1v) is 7.46. The molecule has 128 valence electrons. The van der Waals surface area contributed by atoms with Gasteiger partial charge in [0, 0.05) is 12.3 Å². The highest BCUT2D eigenvalue weighted by atomic mass is 19.4. The van der Waals surface area contributed by atoms with Crippen LogP contribution in [0.4, 0.5) is 17.6 Å². The number of esters is 1. The Labute approximate surface area is 132 Å². The van der Waals surface area contributed by atoms with E-state index in [0.29, 0.717) is 18.9 Å². The van der Waals surface area contributed by atoms with Crippen molar-refractivity contribution in [1.82, 2.24) is 4.98 Å². The molecule has 0 bridgehead atoms. The number of halogens is 4. The van der Waals surface area contributed by atoms with Crippen LogP contribution in [0.3, 0.4) is 0 Å². The van der Waals surface area contributed by atoms with E-state index >= 15 is 0 Å². The standard InChI is InChI=1S/C16H19F4NO2/c1-15(2,3)23-12(22)7-6-10-8-11(16(18,19)20)21-14(13(10)17)9-4-5-9/h8-9H,4-7H2,1-3H3. The first-order chi connectivity index (χ1) is 10.5. The van der Waals surface area contributed by atoms with Crippen LogP contribution in [0.25, 0.3) is 0 Å². The topological polar surface area (TPSA) is 39.2 Å². The molecule has 0 amide bonds. The van der Waals surface area contributed by atoms with E-state index in [9.17, 15) is 22.4 Å². The maximum Gasteiger partial charge on any atom is 0.433 e. The van der Waals surface area contributed by atoms with Crippen molar-refractivity contribution in [3.8, 4) is 0 Å². The number of alkyl halides is 3. The fraction of sp³-hybridized carbons (Fsp3) is 0.625. The zero-order chi connectivity index (χ0) is 17.4. The van der Waals surface area contributed by atoms with Gasteiger partial charge in [-0.1, -0.05) is 0 Å². The van der Waals surface area contributed by atoms with Gasteiger partial charge in [0.1, 0.15) is 17.1 Å². The van der Waals surface area contributed by atoms with E-state index in [0.717, 1.165) is 0 Å². The molecule has 1 aliphatic carbocycles. The number of aryl methyl sites for hydroxylation is 1. The normalized spacial score (nSPS) is 15.6. The minimum absolute atomic E-state index is 0.139. The van der Waals surface area contributed by atoms with E-state index in [4.69, 9.17) is 4.74 Å². The Bertz CT molecular complexity index is 601. The molecule has 1 aromatic heterocycles. The Morgan fingerprint density at radius 3 is 2.39 bits per heavy atom. The maximum absolute atomic E-state index is 14.3. The first-order valence-electron chi connectivity index (χ1n) is 7.46. The minimum atomic E-state index is -4.64. The summed E-state index contributed by atoms with van der Waals surface area (Å²) in [7, 11) is 0. The highest BCUT2D eigenvalue weighted by molar-refractivity contribution is 5.70. The second kappa shape index (κ2) is 6.09. The van der Waals surface area contributed by atoms with Crippen molar-refractivity contribution in [3.63, 3.8) is 0 Å². The molecule has 3 nitrogen and oxygen atoms in total. The molecule has 1 saturated carbocycles. The molecule has 0 radical (unpaired) electrons. The molecule has 0 atom stereocenters. The molecule has 1 aliphatic rings. The molecule has 1 heterocycles. The summed E-state index contributed by atoms with van der Waals surface area (Å²) >= 11 is 0. The summed E-state index contributed by atoms with van der Waals surface area (Å²) in [5, 5.41) is 0. The lowest BCUT2D eigenvalue weighted by atomic mass is 10.1. The monoisotopic (exact) mass is 333 g/mol. The lowest BCUT2D eigenvalue weighted by molar-refractivity contribution is -0.154. The predicted octanol–water partition coefficient (Wildman–Crippen LogP) is 4.39. The molecule has 1 fully saturated rings. The van der Waals surface area contributed by atoms with Crippen molar-refractivity contribution < 1.29 is 27.1 Å². The molecule has 2 rings (SSSR count). The fourth-order valence-electron chi connectivity index (χ4n) is 2.19. The molecule has 23 heavy (non-hydrogen) atoms. The summed E-state index contributed by atoms with van der Waals surface area (Å²) in [6, 6.07) is 0.686. The van der Waals surface area contributed by atoms with Crippen LogP contribution in [0.1, 0.15) is 62.9 Å². The predicted molar refractivity (Wildman–Crippen MR) is 75.3 cm³/mol. The Morgan fingerprint density at radius 2 is 1.91 bits per heavy atom. The Balaban J connectivity index is 2.20. The van der Waals surface area contributed by atoms with Crippen molar-refractivity contribution in [3.05, 3.63) is 28.8 Å². The number of aromatic nitrogens is 1. The van der Waals surface area contributed by atoms with Gasteiger partial charge in [0.05, 0.1) is 5.69 Å². The van der Waals surface area contributed by atoms with Crippen LogP contribution in [0.5, 0.6) is 0 Å². The van der Waals surface area contributed by atoms with E-state index in [-0.39, 0.29) is 30.0 Å². The number of carbonyl (C=O) groups excluding carboxylic acids is 1. The number of pyridine rings is 1. The van der Waals surface area contributed by atoms with E-state index < -0.39 is 29.3 Å². The summed E-state index contributed by atoms with van der Waals surface area (Å²) in [6.07, 6.45) is -3.70. The highest BCUT2D eigenvalue weighted by Crippen LogP contribution is 2.42. The van der Waals surface area contributed by atoms with Gasteiger partial charge in [0.25, 0.3) is 0 Å².